The molecule has 21 heavy (non-hydrogen) atoms. The number of rotatable bonds is 5. The van der Waals surface area contributed by atoms with Crippen molar-refractivity contribution in [2.45, 2.75) is 19.3 Å². The van der Waals surface area contributed by atoms with Gasteiger partial charge in [-0.2, -0.15) is 0 Å². The van der Waals surface area contributed by atoms with Crippen LogP contribution in [-0.4, -0.2) is 48.2 Å². The van der Waals surface area contributed by atoms with E-state index in [2.05, 4.69) is 15.5 Å². The summed E-state index contributed by atoms with van der Waals surface area (Å²) in [7, 11) is 0. The smallest absolute Gasteiger partial charge is 0.335 e. The van der Waals surface area contributed by atoms with Crippen molar-refractivity contribution in [1.82, 2.24) is 10.2 Å². The first-order valence-corrected chi connectivity index (χ1v) is 7.26. The van der Waals surface area contributed by atoms with Gasteiger partial charge >= 0.3 is 12.0 Å². The van der Waals surface area contributed by atoms with Crippen molar-refractivity contribution in [3.63, 3.8) is 0 Å². The molecule has 0 radical (unpaired) electrons. The van der Waals surface area contributed by atoms with Gasteiger partial charge in [0.1, 0.15) is 0 Å². The lowest BCUT2D eigenvalue weighted by molar-refractivity contribution is 0.0697. The molecule has 0 aromatic heterocycles. The lowest BCUT2D eigenvalue weighted by Gasteiger charge is -2.26. The van der Waals surface area contributed by atoms with Crippen LogP contribution in [0.2, 0.25) is 0 Å². The van der Waals surface area contributed by atoms with Crippen molar-refractivity contribution in [3.05, 3.63) is 29.8 Å². The first kappa shape index (κ1) is 15.3. The molecule has 6 nitrogen and oxygen atoms in total. The first-order chi connectivity index (χ1) is 10.1. The normalized spacial score (nSPS) is 15.4. The molecule has 1 heterocycles. The number of hydrogen-bond donors (Lipinski definition) is 3. The van der Waals surface area contributed by atoms with E-state index < -0.39 is 5.97 Å². The van der Waals surface area contributed by atoms with Crippen molar-refractivity contribution < 1.29 is 14.7 Å². The Kier molecular flexibility index (Phi) is 5.57. The molecule has 0 bridgehead atoms. The van der Waals surface area contributed by atoms with E-state index in [-0.39, 0.29) is 11.6 Å². The highest BCUT2D eigenvalue weighted by Gasteiger charge is 2.10. The zero-order valence-electron chi connectivity index (χ0n) is 12.0. The third kappa shape index (κ3) is 5.07. The van der Waals surface area contributed by atoms with Crippen molar-refractivity contribution in [3.8, 4) is 0 Å². The van der Waals surface area contributed by atoms with Crippen LogP contribution in [0, 0.1) is 0 Å². The van der Waals surface area contributed by atoms with Crippen LogP contribution in [0.1, 0.15) is 29.6 Å². The Morgan fingerprint density at radius 2 is 1.76 bits per heavy atom. The molecule has 0 unspecified atom stereocenters. The Morgan fingerprint density at radius 1 is 1.10 bits per heavy atom. The summed E-state index contributed by atoms with van der Waals surface area (Å²) < 4.78 is 0. The van der Waals surface area contributed by atoms with E-state index >= 15 is 0 Å². The largest absolute Gasteiger partial charge is 0.478 e. The average Bonchev–Trinajstić information content (AvgIpc) is 2.49. The topological polar surface area (TPSA) is 81.7 Å². The van der Waals surface area contributed by atoms with Gasteiger partial charge in [0.15, 0.2) is 0 Å². The van der Waals surface area contributed by atoms with Crippen LogP contribution in [-0.2, 0) is 0 Å². The second-order valence-corrected chi connectivity index (χ2v) is 5.17. The highest BCUT2D eigenvalue weighted by atomic mass is 16.4. The summed E-state index contributed by atoms with van der Waals surface area (Å²) in [5.41, 5.74) is 0.779. The average molecular weight is 291 g/mol. The molecule has 0 spiro atoms. The second kappa shape index (κ2) is 7.64. The number of carboxylic acids is 1. The highest BCUT2D eigenvalue weighted by molar-refractivity contribution is 5.91. The fourth-order valence-electron chi connectivity index (χ4n) is 2.38. The van der Waals surface area contributed by atoms with Gasteiger partial charge in [-0.15, -0.1) is 0 Å². The van der Waals surface area contributed by atoms with Crippen LogP contribution < -0.4 is 10.6 Å². The standard InChI is InChI=1S/C15H21N3O3/c19-14(20)12-4-6-13(7-5-12)17-15(21)16-8-11-18-9-2-1-3-10-18/h4-7H,1-3,8-11H2,(H,19,20)(H2,16,17,21). The van der Waals surface area contributed by atoms with E-state index in [0.29, 0.717) is 12.2 Å². The van der Waals surface area contributed by atoms with Crippen LogP contribution >= 0.6 is 0 Å². The van der Waals surface area contributed by atoms with E-state index in [0.717, 1.165) is 19.6 Å². The third-order valence-corrected chi connectivity index (χ3v) is 3.55. The third-order valence-electron chi connectivity index (χ3n) is 3.55. The molecule has 2 rings (SSSR count). The number of nitrogens with one attached hydrogen (secondary N) is 2. The van der Waals surface area contributed by atoms with Crippen molar-refractivity contribution >= 4 is 17.7 Å². The fraction of sp³-hybridized carbons (Fsp3) is 0.467. The Bertz CT molecular complexity index is 481. The fourth-order valence-corrected chi connectivity index (χ4v) is 2.38. The summed E-state index contributed by atoms with van der Waals surface area (Å²) in [6.07, 6.45) is 3.78. The quantitative estimate of drug-likeness (QED) is 0.775. The monoisotopic (exact) mass is 291 g/mol. The molecule has 1 fully saturated rings. The highest BCUT2D eigenvalue weighted by Crippen LogP contribution is 2.09. The lowest BCUT2D eigenvalue weighted by Crippen LogP contribution is -2.39. The Morgan fingerprint density at radius 3 is 2.38 bits per heavy atom. The number of piperidine rings is 1. The van der Waals surface area contributed by atoms with Crippen LogP contribution in [0.3, 0.4) is 0 Å². The zero-order valence-corrected chi connectivity index (χ0v) is 12.0. The van der Waals surface area contributed by atoms with Gasteiger partial charge in [0.05, 0.1) is 5.56 Å². The number of benzene rings is 1. The van der Waals surface area contributed by atoms with Gasteiger partial charge in [-0.05, 0) is 50.2 Å². The summed E-state index contributed by atoms with van der Waals surface area (Å²) >= 11 is 0. The van der Waals surface area contributed by atoms with E-state index in [4.69, 9.17) is 5.11 Å². The van der Waals surface area contributed by atoms with Crippen molar-refractivity contribution in [1.29, 1.82) is 0 Å². The number of aromatic carboxylic acids is 1. The molecule has 1 aromatic rings. The molecule has 6 heteroatoms. The van der Waals surface area contributed by atoms with E-state index in [1.807, 2.05) is 0 Å². The number of anilines is 1. The summed E-state index contributed by atoms with van der Waals surface area (Å²) in [5, 5.41) is 14.3. The second-order valence-electron chi connectivity index (χ2n) is 5.17. The molecular weight excluding hydrogens is 270 g/mol. The van der Waals surface area contributed by atoms with Crippen molar-refractivity contribution in [2.24, 2.45) is 0 Å². The zero-order chi connectivity index (χ0) is 15.1. The Labute approximate surface area is 124 Å². The van der Waals surface area contributed by atoms with Gasteiger partial charge < -0.3 is 20.6 Å². The SMILES string of the molecule is O=C(NCCN1CCCCC1)Nc1ccc(C(=O)O)cc1. The van der Waals surface area contributed by atoms with Crippen LogP contribution in [0.25, 0.3) is 0 Å². The molecule has 2 amide bonds. The molecule has 0 aliphatic carbocycles. The number of amides is 2. The molecule has 1 aliphatic heterocycles. The molecule has 114 valence electrons. The Balaban J connectivity index is 1.70. The molecule has 1 saturated heterocycles. The van der Waals surface area contributed by atoms with E-state index in [9.17, 15) is 9.59 Å². The number of urea groups is 1. The molecule has 0 saturated carbocycles. The van der Waals surface area contributed by atoms with E-state index in [1.54, 1.807) is 12.1 Å². The van der Waals surface area contributed by atoms with Gasteiger partial charge in [-0.25, -0.2) is 9.59 Å². The van der Waals surface area contributed by atoms with Crippen LogP contribution in [0.5, 0.6) is 0 Å². The summed E-state index contributed by atoms with van der Waals surface area (Å²) in [4.78, 5) is 24.8. The number of carboxylic acid groups (broad SMARTS) is 1. The van der Waals surface area contributed by atoms with Crippen LogP contribution in [0.15, 0.2) is 24.3 Å². The first-order valence-electron chi connectivity index (χ1n) is 7.26. The minimum Gasteiger partial charge on any atom is -0.478 e. The maximum absolute atomic E-state index is 11.7. The predicted molar refractivity (Wildman–Crippen MR) is 80.7 cm³/mol. The molecule has 1 aliphatic rings. The van der Waals surface area contributed by atoms with Gasteiger partial charge in [0.2, 0.25) is 0 Å². The maximum Gasteiger partial charge on any atom is 0.335 e. The van der Waals surface area contributed by atoms with Crippen molar-refractivity contribution in [2.75, 3.05) is 31.5 Å². The minimum atomic E-state index is -0.979. The van der Waals surface area contributed by atoms with Gasteiger partial charge in [-0.1, -0.05) is 6.42 Å². The number of nitrogens with zero attached hydrogens (tertiary/aromatic N) is 1. The number of carbonyl (C=O) groups excluding carboxylic acids is 1. The predicted octanol–water partition coefficient (Wildman–Crippen LogP) is 1.99. The summed E-state index contributed by atoms with van der Waals surface area (Å²) in [5.74, 6) is -0.979. The van der Waals surface area contributed by atoms with Gasteiger partial charge in [-0.3, -0.25) is 0 Å². The lowest BCUT2D eigenvalue weighted by atomic mass is 10.1. The number of likely N-dealkylation sites (tertiary alicyclic amines) is 1. The van der Waals surface area contributed by atoms with Crippen LogP contribution in [0.4, 0.5) is 10.5 Å². The molecular formula is C15H21N3O3. The summed E-state index contributed by atoms with van der Waals surface area (Å²) in [6.45, 7) is 3.70. The molecule has 3 N–H and O–H groups in total. The maximum atomic E-state index is 11.7. The molecule has 0 atom stereocenters. The van der Waals surface area contributed by atoms with E-state index in [1.165, 1.54) is 31.4 Å². The van der Waals surface area contributed by atoms with Gasteiger partial charge in [0, 0.05) is 18.8 Å². The minimum absolute atomic E-state index is 0.200. The number of hydrogen-bond acceptors (Lipinski definition) is 3. The number of carbonyl (C=O) groups is 2. The molecule has 1 aromatic carbocycles. The Hall–Kier alpha value is -2.08. The van der Waals surface area contributed by atoms with Gasteiger partial charge in [0.25, 0.3) is 0 Å². The summed E-state index contributed by atoms with van der Waals surface area (Å²) in [6, 6.07) is 5.81.